The molecule has 0 radical (unpaired) electrons. The van der Waals surface area contributed by atoms with E-state index in [4.69, 9.17) is 14.4 Å². The Morgan fingerprint density at radius 2 is 1.11 bits per heavy atom. The lowest BCUT2D eigenvalue weighted by Crippen LogP contribution is -2.27. The number of nitrogens with zero attached hydrogens (tertiary/aromatic N) is 1. The molecule has 18 heavy (non-hydrogen) atoms. The van der Waals surface area contributed by atoms with Crippen LogP contribution in [0.25, 0.3) is 0 Å². The standard InChI is InChI=1S/C12H27N.FH2O3P/c1-4-7-10-13(11-8-5-2)12-9-6-3;1-5(2,3)4/h4-12H2,1-3H3;(H2,2,3,4). The Labute approximate surface area is 111 Å². The summed E-state index contributed by atoms with van der Waals surface area (Å²) < 4.78 is 19.0. The summed E-state index contributed by atoms with van der Waals surface area (Å²) in [7, 11) is -5.14. The van der Waals surface area contributed by atoms with Gasteiger partial charge in [0.25, 0.3) is 0 Å². The molecule has 6 heteroatoms. The maximum Gasteiger partial charge on any atom is 0.507 e. The molecular formula is C12H29FNO3P. The van der Waals surface area contributed by atoms with Gasteiger partial charge in [0.2, 0.25) is 0 Å². The normalized spacial score (nSPS) is 11.3. The molecule has 0 aromatic rings. The number of hydrogen-bond acceptors (Lipinski definition) is 2. The van der Waals surface area contributed by atoms with Gasteiger partial charge in [-0.2, -0.15) is 0 Å². The first kappa shape index (κ1) is 20.4. The van der Waals surface area contributed by atoms with Gasteiger partial charge in [-0.05, 0) is 38.9 Å². The Bertz CT molecular complexity index is 184. The van der Waals surface area contributed by atoms with Crippen LogP contribution in [-0.2, 0) is 4.57 Å². The summed E-state index contributed by atoms with van der Waals surface area (Å²) in [6, 6.07) is 0. The third kappa shape index (κ3) is 25.0. The van der Waals surface area contributed by atoms with Gasteiger partial charge in [0.1, 0.15) is 0 Å². The topological polar surface area (TPSA) is 60.8 Å². The summed E-state index contributed by atoms with van der Waals surface area (Å²) in [5, 5.41) is 0. The molecule has 0 amide bonds. The first-order valence-corrected chi connectivity index (χ1v) is 8.32. The van der Waals surface area contributed by atoms with E-state index in [0.29, 0.717) is 0 Å². The Balaban J connectivity index is 0. The zero-order valence-electron chi connectivity index (χ0n) is 11.9. The highest BCUT2D eigenvalue weighted by atomic mass is 31.2. The van der Waals surface area contributed by atoms with Crippen LogP contribution >= 0.6 is 7.91 Å². The summed E-state index contributed by atoms with van der Waals surface area (Å²) in [5.74, 6) is 0. The summed E-state index contributed by atoms with van der Waals surface area (Å²) in [4.78, 5) is 16.6. The van der Waals surface area contributed by atoms with Gasteiger partial charge in [0.15, 0.2) is 0 Å². The third-order valence-electron chi connectivity index (χ3n) is 2.48. The van der Waals surface area contributed by atoms with E-state index < -0.39 is 7.91 Å². The van der Waals surface area contributed by atoms with Crippen molar-refractivity contribution in [2.45, 2.75) is 59.3 Å². The van der Waals surface area contributed by atoms with Crippen molar-refractivity contribution >= 4 is 7.91 Å². The van der Waals surface area contributed by atoms with Crippen LogP contribution in [0.15, 0.2) is 0 Å². The second-order valence-corrected chi connectivity index (χ2v) is 5.32. The van der Waals surface area contributed by atoms with Gasteiger partial charge in [-0.1, -0.05) is 40.0 Å². The molecule has 0 saturated heterocycles. The lowest BCUT2D eigenvalue weighted by atomic mass is 10.2. The number of rotatable bonds is 9. The molecule has 0 spiro atoms. The van der Waals surface area contributed by atoms with Crippen molar-refractivity contribution < 1.29 is 18.5 Å². The van der Waals surface area contributed by atoms with Gasteiger partial charge < -0.3 is 4.90 Å². The Kier molecular flexibility index (Phi) is 15.2. The molecule has 0 unspecified atom stereocenters. The lowest BCUT2D eigenvalue weighted by molar-refractivity contribution is 0.261. The molecule has 0 saturated carbocycles. The molecule has 0 rings (SSSR count). The van der Waals surface area contributed by atoms with Crippen molar-refractivity contribution in [1.29, 1.82) is 0 Å². The minimum Gasteiger partial charge on any atom is -0.303 e. The van der Waals surface area contributed by atoms with E-state index in [0.717, 1.165) is 0 Å². The molecular weight excluding hydrogens is 256 g/mol. The molecule has 2 N–H and O–H groups in total. The molecule has 0 heterocycles. The highest BCUT2D eigenvalue weighted by molar-refractivity contribution is 7.45. The second-order valence-electron chi connectivity index (χ2n) is 4.38. The largest absolute Gasteiger partial charge is 0.507 e. The van der Waals surface area contributed by atoms with Crippen molar-refractivity contribution in [3.63, 3.8) is 0 Å². The third-order valence-corrected chi connectivity index (χ3v) is 2.48. The van der Waals surface area contributed by atoms with E-state index in [2.05, 4.69) is 25.7 Å². The van der Waals surface area contributed by atoms with Gasteiger partial charge in [-0.25, -0.2) is 4.57 Å². The van der Waals surface area contributed by atoms with Crippen LogP contribution in [0, 0.1) is 0 Å². The Morgan fingerprint density at radius 1 is 0.889 bits per heavy atom. The molecule has 0 aliphatic heterocycles. The Hall–Kier alpha value is 0.0400. The minimum absolute atomic E-state index is 1.32. The summed E-state index contributed by atoms with van der Waals surface area (Å²) in [5.41, 5.74) is 0. The SMILES string of the molecule is CCCCN(CCCC)CCCC.O=P(O)(O)F. The molecule has 0 aromatic heterocycles. The highest BCUT2D eigenvalue weighted by Crippen LogP contribution is 2.34. The van der Waals surface area contributed by atoms with Crippen LogP contribution in [0.1, 0.15) is 59.3 Å². The molecule has 0 aliphatic rings. The molecule has 0 aliphatic carbocycles. The van der Waals surface area contributed by atoms with Gasteiger partial charge in [-0.15, -0.1) is 4.20 Å². The molecule has 4 nitrogen and oxygen atoms in total. The quantitative estimate of drug-likeness (QED) is 0.634. The van der Waals surface area contributed by atoms with E-state index in [-0.39, 0.29) is 0 Å². The first-order chi connectivity index (χ1) is 8.35. The first-order valence-electron chi connectivity index (χ1n) is 6.82. The molecule has 0 bridgehead atoms. The summed E-state index contributed by atoms with van der Waals surface area (Å²) in [6.07, 6.45) is 8.09. The monoisotopic (exact) mass is 285 g/mol. The van der Waals surface area contributed by atoms with Gasteiger partial charge >= 0.3 is 7.91 Å². The molecule has 0 atom stereocenters. The van der Waals surface area contributed by atoms with Crippen molar-refractivity contribution in [1.82, 2.24) is 4.90 Å². The van der Waals surface area contributed by atoms with Crippen molar-refractivity contribution in [3.05, 3.63) is 0 Å². The van der Waals surface area contributed by atoms with Crippen LogP contribution in [0.5, 0.6) is 0 Å². The lowest BCUT2D eigenvalue weighted by Gasteiger charge is -2.21. The number of halogens is 1. The number of hydrogen-bond donors (Lipinski definition) is 2. The molecule has 0 fully saturated rings. The predicted molar refractivity (Wildman–Crippen MR) is 74.3 cm³/mol. The van der Waals surface area contributed by atoms with Gasteiger partial charge in [-0.3, -0.25) is 9.79 Å². The van der Waals surface area contributed by atoms with Crippen LogP contribution in [0.2, 0.25) is 0 Å². The summed E-state index contributed by atoms with van der Waals surface area (Å²) >= 11 is 0. The van der Waals surface area contributed by atoms with Crippen molar-refractivity contribution in [2.24, 2.45) is 0 Å². The zero-order valence-corrected chi connectivity index (χ0v) is 12.8. The molecule has 112 valence electrons. The van der Waals surface area contributed by atoms with Gasteiger partial charge in [0, 0.05) is 0 Å². The van der Waals surface area contributed by atoms with Crippen molar-refractivity contribution in [2.75, 3.05) is 19.6 Å². The zero-order chi connectivity index (χ0) is 14.4. The smallest absolute Gasteiger partial charge is 0.303 e. The van der Waals surface area contributed by atoms with Crippen molar-refractivity contribution in [3.8, 4) is 0 Å². The molecule has 0 aromatic carbocycles. The van der Waals surface area contributed by atoms with E-state index in [1.165, 1.54) is 58.2 Å². The van der Waals surface area contributed by atoms with Crippen LogP contribution in [0.4, 0.5) is 4.20 Å². The average Bonchev–Trinajstić information content (AvgIpc) is 2.26. The Morgan fingerprint density at radius 3 is 1.28 bits per heavy atom. The average molecular weight is 285 g/mol. The van der Waals surface area contributed by atoms with Crippen LogP contribution in [-0.4, -0.2) is 34.3 Å². The van der Waals surface area contributed by atoms with Crippen LogP contribution < -0.4 is 0 Å². The maximum atomic E-state index is 10.4. The predicted octanol–water partition coefficient (Wildman–Crippen LogP) is 3.74. The van der Waals surface area contributed by atoms with E-state index in [1.54, 1.807) is 0 Å². The summed E-state index contributed by atoms with van der Waals surface area (Å²) in [6.45, 7) is 10.8. The van der Waals surface area contributed by atoms with E-state index in [9.17, 15) is 4.20 Å². The fraction of sp³-hybridized carbons (Fsp3) is 1.00. The highest BCUT2D eigenvalue weighted by Gasteiger charge is 2.04. The van der Waals surface area contributed by atoms with Gasteiger partial charge in [0.05, 0.1) is 0 Å². The fourth-order valence-electron chi connectivity index (χ4n) is 1.48. The number of unbranched alkanes of at least 4 members (excludes halogenated alkanes) is 3. The minimum atomic E-state index is -5.14. The second kappa shape index (κ2) is 13.5. The van der Waals surface area contributed by atoms with E-state index >= 15 is 0 Å². The fourth-order valence-corrected chi connectivity index (χ4v) is 1.48. The maximum absolute atomic E-state index is 10.4. The van der Waals surface area contributed by atoms with E-state index in [1.807, 2.05) is 0 Å². The van der Waals surface area contributed by atoms with Crippen LogP contribution in [0.3, 0.4) is 0 Å².